The summed E-state index contributed by atoms with van der Waals surface area (Å²) in [6.45, 7) is 1.43. The number of hydrogen-bond acceptors (Lipinski definition) is 5. The zero-order valence-corrected chi connectivity index (χ0v) is 14.3. The third-order valence-electron chi connectivity index (χ3n) is 3.44. The predicted molar refractivity (Wildman–Crippen MR) is 94.7 cm³/mol. The second kappa shape index (κ2) is 6.98. The number of nitrogens with one attached hydrogen (secondary N) is 1. The summed E-state index contributed by atoms with van der Waals surface area (Å²) < 4.78 is 5.95. The number of anilines is 1. The molecule has 0 unspecified atom stereocenters. The lowest BCUT2D eigenvalue weighted by Crippen LogP contribution is -2.21. The fraction of sp³-hybridized carbons (Fsp3) is 0.118. The Morgan fingerprint density at radius 1 is 1.29 bits per heavy atom. The van der Waals surface area contributed by atoms with Crippen LogP contribution in [0.2, 0.25) is 5.02 Å². The van der Waals surface area contributed by atoms with Crippen molar-refractivity contribution >= 4 is 50.7 Å². The topological polar surface area (TPSA) is 68.3 Å². The molecule has 122 valence electrons. The van der Waals surface area contributed by atoms with E-state index < -0.39 is 11.9 Å². The van der Waals surface area contributed by atoms with E-state index in [2.05, 4.69) is 10.3 Å². The minimum absolute atomic E-state index is 0.370. The molecule has 0 fully saturated rings. The van der Waals surface area contributed by atoms with Gasteiger partial charge in [-0.2, -0.15) is 0 Å². The Balaban J connectivity index is 1.61. The molecule has 7 heteroatoms. The van der Waals surface area contributed by atoms with Crippen LogP contribution in [-0.4, -0.2) is 23.5 Å². The third-order valence-corrected chi connectivity index (χ3v) is 4.64. The van der Waals surface area contributed by atoms with Gasteiger partial charge in [-0.1, -0.05) is 17.7 Å². The number of halogens is 1. The van der Waals surface area contributed by atoms with Crippen molar-refractivity contribution in [2.45, 2.75) is 6.92 Å². The number of benzene rings is 2. The molecule has 1 aromatic heterocycles. The molecule has 0 bridgehead atoms. The smallest absolute Gasteiger partial charge is 0.338 e. The molecule has 1 amide bonds. The van der Waals surface area contributed by atoms with Crippen LogP contribution >= 0.6 is 22.9 Å². The quantitative estimate of drug-likeness (QED) is 0.712. The third kappa shape index (κ3) is 3.55. The summed E-state index contributed by atoms with van der Waals surface area (Å²) in [6.07, 6.45) is 0. The Morgan fingerprint density at radius 3 is 2.96 bits per heavy atom. The van der Waals surface area contributed by atoms with Gasteiger partial charge in [0, 0.05) is 10.7 Å². The van der Waals surface area contributed by atoms with Gasteiger partial charge in [0.15, 0.2) is 6.61 Å². The molecule has 3 rings (SSSR count). The van der Waals surface area contributed by atoms with Gasteiger partial charge in [0.2, 0.25) is 0 Å². The number of amides is 1. The first-order chi connectivity index (χ1) is 11.5. The summed E-state index contributed by atoms with van der Waals surface area (Å²) in [5, 5.41) is 3.23. The second-order valence-corrected chi connectivity index (χ2v) is 6.37. The molecular formula is C17H13ClN2O3S. The Kier molecular flexibility index (Phi) is 4.78. The van der Waals surface area contributed by atoms with Gasteiger partial charge in [0.05, 0.1) is 21.3 Å². The maximum atomic E-state index is 12.0. The summed E-state index contributed by atoms with van der Waals surface area (Å²) in [5.41, 5.74) is 4.27. The van der Waals surface area contributed by atoms with Gasteiger partial charge in [-0.05, 0) is 42.8 Å². The first kappa shape index (κ1) is 16.4. The van der Waals surface area contributed by atoms with Gasteiger partial charge in [-0.15, -0.1) is 11.3 Å². The van der Waals surface area contributed by atoms with Crippen LogP contribution in [0.4, 0.5) is 5.69 Å². The van der Waals surface area contributed by atoms with Gasteiger partial charge >= 0.3 is 5.97 Å². The number of carbonyl (C=O) groups is 2. The number of ether oxygens (including phenoxy) is 1. The van der Waals surface area contributed by atoms with Crippen molar-refractivity contribution in [3.05, 3.63) is 58.1 Å². The number of hydrogen-bond donors (Lipinski definition) is 1. The fourth-order valence-corrected chi connectivity index (χ4v) is 3.02. The highest BCUT2D eigenvalue weighted by Crippen LogP contribution is 2.23. The lowest BCUT2D eigenvalue weighted by atomic mass is 10.2. The van der Waals surface area contributed by atoms with E-state index in [-0.39, 0.29) is 6.61 Å². The monoisotopic (exact) mass is 360 g/mol. The number of esters is 1. The molecule has 5 nitrogen and oxygen atoms in total. The fourth-order valence-electron chi connectivity index (χ4n) is 2.13. The Hall–Kier alpha value is -2.44. The molecule has 2 aromatic carbocycles. The lowest BCUT2D eigenvalue weighted by Gasteiger charge is -2.10. The molecule has 1 N–H and O–H groups in total. The summed E-state index contributed by atoms with van der Waals surface area (Å²) >= 11 is 7.44. The Labute approximate surface area is 147 Å². The van der Waals surface area contributed by atoms with E-state index >= 15 is 0 Å². The first-order valence-electron chi connectivity index (χ1n) is 7.10. The summed E-state index contributed by atoms with van der Waals surface area (Å²) in [4.78, 5) is 28.1. The highest BCUT2D eigenvalue weighted by molar-refractivity contribution is 7.16. The van der Waals surface area contributed by atoms with Crippen LogP contribution in [0.3, 0.4) is 0 Å². The van der Waals surface area contributed by atoms with E-state index in [9.17, 15) is 9.59 Å². The molecule has 1 heterocycles. The lowest BCUT2D eigenvalue weighted by molar-refractivity contribution is -0.119. The van der Waals surface area contributed by atoms with Crippen molar-refractivity contribution in [1.29, 1.82) is 0 Å². The van der Waals surface area contributed by atoms with E-state index in [1.165, 1.54) is 11.3 Å². The minimum Gasteiger partial charge on any atom is -0.452 e. The van der Waals surface area contributed by atoms with Crippen LogP contribution in [0, 0.1) is 6.92 Å². The van der Waals surface area contributed by atoms with Crippen LogP contribution in [0.5, 0.6) is 0 Å². The molecule has 0 aliphatic heterocycles. The van der Waals surface area contributed by atoms with Crippen molar-refractivity contribution in [1.82, 2.24) is 4.98 Å². The second-order valence-electron chi connectivity index (χ2n) is 5.07. The number of rotatable bonds is 4. The number of nitrogens with zero attached hydrogens (tertiary/aromatic N) is 1. The molecule has 0 aliphatic rings. The number of thiazole rings is 1. The molecule has 0 aliphatic carbocycles. The number of aromatic nitrogens is 1. The average molecular weight is 361 g/mol. The average Bonchev–Trinajstić information content (AvgIpc) is 3.04. The Morgan fingerprint density at radius 2 is 2.12 bits per heavy atom. The van der Waals surface area contributed by atoms with Crippen LogP contribution in [0.25, 0.3) is 10.2 Å². The summed E-state index contributed by atoms with van der Waals surface area (Å²) in [6, 6.07) is 10.3. The minimum atomic E-state index is -0.553. The van der Waals surface area contributed by atoms with Crippen LogP contribution in [0.15, 0.2) is 41.9 Å². The van der Waals surface area contributed by atoms with E-state index in [0.717, 1.165) is 15.8 Å². The van der Waals surface area contributed by atoms with Crippen LogP contribution in [-0.2, 0) is 9.53 Å². The standard InChI is InChI=1S/C17H13ClN2O3S/c1-10-12(18)3-2-4-13(10)20-16(21)8-23-17(22)11-5-6-14-15(7-11)24-9-19-14/h2-7,9H,8H2,1H3,(H,20,21). The summed E-state index contributed by atoms with van der Waals surface area (Å²) in [7, 11) is 0. The SMILES string of the molecule is Cc1c(Cl)cccc1NC(=O)COC(=O)c1ccc2ncsc2c1. The van der Waals surface area contributed by atoms with E-state index in [4.69, 9.17) is 16.3 Å². The molecule has 0 radical (unpaired) electrons. The van der Waals surface area contributed by atoms with E-state index in [1.807, 2.05) is 0 Å². The molecule has 0 saturated carbocycles. The first-order valence-corrected chi connectivity index (χ1v) is 8.35. The van der Waals surface area contributed by atoms with E-state index in [0.29, 0.717) is 16.3 Å². The van der Waals surface area contributed by atoms with Gasteiger partial charge in [0.1, 0.15) is 0 Å². The maximum absolute atomic E-state index is 12.0. The zero-order valence-electron chi connectivity index (χ0n) is 12.7. The largest absolute Gasteiger partial charge is 0.452 e. The molecule has 0 saturated heterocycles. The van der Waals surface area contributed by atoms with Crippen molar-refractivity contribution < 1.29 is 14.3 Å². The van der Waals surface area contributed by atoms with Gasteiger partial charge in [-0.25, -0.2) is 9.78 Å². The molecule has 0 atom stereocenters. The highest BCUT2D eigenvalue weighted by atomic mass is 35.5. The van der Waals surface area contributed by atoms with Gasteiger partial charge < -0.3 is 10.1 Å². The summed E-state index contributed by atoms with van der Waals surface area (Å²) in [5.74, 6) is -0.976. The predicted octanol–water partition coefficient (Wildman–Crippen LogP) is 4.05. The molecule has 3 aromatic rings. The van der Waals surface area contributed by atoms with Crippen molar-refractivity contribution in [3.63, 3.8) is 0 Å². The van der Waals surface area contributed by atoms with Crippen LogP contribution in [0.1, 0.15) is 15.9 Å². The number of carbonyl (C=O) groups excluding carboxylic acids is 2. The highest BCUT2D eigenvalue weighted by Gasteiger charge is 2.12. The maximum Gasteiger partial charge on any atom is 0.338 e. The van der Waals surface area contributed by atoms with Crippen molar-refractivity contribution in [2.75, 3.05) is 11.9 Å². The van der Waals surface area contributed by atoms with Crippen molar-refractivity contribution in [2.24, 2.45) is 0 Å². The molecule has 0 spiro atoms. The normalized spacial score (nSPS) is 10.6. The van der Waals surface area contributed by atoms with Gasteiger partial charge in [0.25, 0.3) is 5.91 Å². The zero-order chi connectivity index (χ0) is 17.1. The van der Waals surface area contributed by atoms with Crippen LogP contribution < -0.4 is 5.32 Å². The molecule has 24 heavy (non-hydrogen) atoms. The van der Waals surface area contributed by atoms with Crippen molar-refractivity contribution in [3.8, 4) is 0 Å². The number of fused-ring (bicyclic) bond motifs is 1. The Bertz CT molecular complexity index is 923. The molecular weight excluding hydrogens is 348 g/mol. The van der Waals surface area contributed by atoms with Gasteiger partial charge in [-0.3, -0.25) is 4.79 Å². The van der Waals surface area contributed by atoms with E-state index in [1.54, 1.807) is 48.8 Å².